The van der Waals surface area contributed by atoms with Crippen molar-refractivity contribution < 1.29 is 0 Å². The van der Waals surface area contributed by atoms with E-state index in [1.807, 2.05) is 30.9 Å². The molecule has 0 aliphatic heterocycles. The van der Waals surface area contributed by atoms with Gasteiger partial charge in [0.25, 0.3) is 0 Å². The van der Waals surface area contributed by atoms with Crippen molar-refractivity contribution in [3.63, 3.8) is 0 Å². The molecule has 0 fully saturated rings. The van der Waals surface area contributed by atoms with E-state index in [0.717, 1.165) is 26.1 Å². The average Bonchev–Trinajstić information content (AvgIpc) is 2.56. The SMILES string of the molecule is CCCN(Cc1cccnc1)Cc1cccc2cnccc12. The third-order valence-corrected chi connectivity index (χ3v) is 3.83. The maximum Gasteiger partial charge on any atom is 0.0346 e. The van der Waals surface area contributed by atoms with Gasteiger partial charge in [-0.3, -0.25) is 14.9 Å². The van der Waals surface area contributed by atoms with Crippen molar-refractivity contribution in [3.8, 4) is 0 Å². The molecule has 0 atom stereocenters. The molecule has 0 bridgehead atoms. The van der Waals surface area contributed by atoms with Crippen LogP contribution in [0.5, 0.6) is 0 Å². The molecule has 0 aliphatic rings. The minimum Gasteiger partial charge on any atom is -0.295 e. The van der Waals surface area contributed by atoms with Crippen molar-refractivity contribution in [3.05, 3.63) is 72.3 Å². The van der Waals surface area contributed by atoms with Gasteiger partial charge in [0, 0.05) is 43.3 Å². The summed E-state index contributed by atoms with van der Waals surface area (Å²) in [6, 6.07) is 12.7. The molecule has 0 spiro atoms. The molecule has 22 heavy (non-hydrogen) atoms. The van der Waals surface area contributed by atoms with E-state index >= 15 is 0 Å². The van der Waals surface area contributed by atoms with Crippen LogP contribution in [0.1, 0.15) is 24.5 Å². The van der Waals surface area contributed by atoms with Gasteiger partial charge < -0.3 is 0 Å². The molecule has 0 N–H and O–H groups in total. The third kappa shape index (κ3) is 3.49. The van der Waals surface area contributed by atoms with E-state index in [0.29, 0.717) is 0 Å². The molecule has 3 rings (SSSR count). The zero-order chi connectivity index (χ0) is 15.2. The quantitative estimate of drug-likeness (QED) is 0.686. The lowest BCUT2D eigenvalue weighted by Crippen LogP contribution is -2.23. The lowest BCUT2D eigenvalue weighted by Gasteiger charge is -2.22. The van der Waals surface area contributed by atoms with Crippen molar-refractivity contribution in [2.75, 3.05) is 6.54 Å². The molecule has 0 amide bonds. The number of hydrogen-bond acceptors (Lipinski definition) is 3. The first kappa shape index (κ1) is 14.7. The number of hydrogen-bond donors (Lipinski definition) is 0. The van der Waals surface area contributed by atoms with Crippen LogP contribution in [0.25, 0.3) is 10.8 Å². The molecule has 2 aromatic heterocycles. The maximum absolute atomic E-state index is 4.22. The lowest BCUT2D eigenvalue weighted by molar-refractivity contribution is 0.258. The first-order chi connectivity index (χ1) is 10.9. The molecule has 0 saturated heterocycles. The van der Waals surface area contributed by atoms with Crippen LogP contribution in [0.2, 0.25) is 0 Å². The first-order valence-electron chi connectivity index (χ1n) is 7.79. The first-order valence-corrected chi connectivity index (χ1v) is 7.79. The second kappa shape index (κ2) is 7.14. The predicted molar refractivity (Wildman–Crippen MR) is 90.4 cm³/mol. The van der Waals surface area contributed by atoms with Crippen LogP contribution in [-0.2, 0) is 13.1 Å². The Labute approximate surface area is 131 Å². The van der Waals surface area contributed by atoms with E-state index < -0.39 is 0 Å². The van der Waals surface area contributed by atoms with Crippen LogP contribution in [0.3, 0.4) is 0 Å². The Hall–Kier alpha value is -2.26. The third-order valence-electron chi connectivity index (χ3n) is 3.83. The molecule has 0 saturated carbocycles. The Morgan fingerprint density at radius 2 is 1.82 bits per heavy atom. The van der Waals surface area contributed by atoms with Crippen molar-refractivity contribution >= 4 is 10.8 Å². The number of pyridine rings is 2. The van der Waals surface area contributed by atoms with Crippen LogP contribution in [0.4, 0.5) is 0 Å². The Morgan fingerprint density at radius 1 is 0.909 bits per heavy atom. The number of fused-ring (bicyclic) bond motifs is 1. The van der Waals surface area contributed by atoms with E-state index in [2.05, 4.69) is 52.1 Å². The summed E-state index contributed by atoms with van der Waals surface area (Å²) in [6.45, 7) is 5.19. The molecule has 0 radical (unpaired) electrons. The van der Waals surface area contributed by atoms with Gasteiger partial charge in [0.2, 0.25) is 0 Å². The second-order valence-electron chi connectivity index (χ2n) is 5.59. The zero-order valence-electron chi connectivity index (χ0n) is 12.9. The summed E-state index contributed by atoms with van der Waals surface area (Å²) in [5, 5.41) is 2.50. The monoisotopic (exact) mass is 291 g/mol. The highest BCUT2D eigenvalue weighted by Crippen LogP contribution is 2.20. The summed E-state index contributed by atoms with van der Waals surface area (Å²) in [4.78, 5) is 10.9. The van der Waals surface area contributed by atoms with Gasteiger partial charge >= 0.3 is 0 Å². The van der Waals surface area contributed by atoms with Crippen LogP contribution < -0.4 is 0 Å². The smallest absolute Gasteiger partial charge is 0.0346 e. The summed E-state index contributed by atoms with van der Waals surface area (Å²) in [6.07, 6.45) is 8.73. The Morgan fingerprint density at radius 3 is 2.64 bits per heavy atom. The fourth-order valence-corrected chi connectivity index (χ4v) is 2.85. The molecule has 0 unspecified atom stereocenters. The van der Waals surface area contributed by atoms with Crippen LogP contribution >= 0.6 is 0 Å². The summed E-state index contributed by atoms with van der Waals surface area (Å²) >= 11 is 0. The van der Waals surface area contributed by atoms with Gasteiger partial charge in [-0.2, -0.15) is 0 Å². The maximum atomic E-state index is 4.22. The molecule has 112 valence electrons. The van der Waals surface area contributed by atoms with E-state index in [-0.39, 0.29) is 0 Å². The summed E-state index contributed by atoms with van der Waals surface area (Å²) in [5.41, 5.74) is 2.62. The topological polar surface area (TPSA) is 29.0 Å². The lowest BCUT2D eigenvalue weighted by atomic mass is 10.1. The minimum absolute atomic E-state index is 0.934. The van der Waals surface area contributed by atoms with Gasteiger partial charge in [-0.15, -0.1) is 0 Å². The molecule has 2 heterocycles. The van der Waals surface area contributed by atoms with E-state index in [9.17, 15) is 0 Å². The highest BCUT2D eigenvalue weighted by atomic mass is 15.1. The molecule has 3 heteroatoms. The van der Waals surface area contributed by atoms with Gasteiger partial charge in [0.15, 0.2) is 0 Å². The predicted octanol–water partition coefficient (Wildman–Crippen LogP) is 4.04. The van der Waals surface area contributed by atoms with E-state index in [1.54, 1.807) is 0 Å². The molecular formula is C19H21N3. The zero-order valence-corrected chi connectivity index (χ0v) is 12.9. The highest BCUT2D eigenvalue weighted by Gasteiger charge is 2.09. The largest absolute Gasteiger partial charge is 0.295 e. The summed E-state index contributed by atoms with van der Waals surface area (Å²) in [7, 11) is 0. The van der Waals surface area contributed by atoms with Crippen molar-refractivity contribution in [2.45, 2.75) is 26.4 Å². The fourth-order valence-electron chi connectivity index (χ4n) is 2.85. The highest BCUT2D eigenvalue weighted by molar-refractivity contribution is 5.84. The van der Waals surface area contributed by atoms with Gasteiger partial charge in [-0.25, -0.2) is 0 Å². The van der Waals surface area contributed by atoms with Crippen molar-refractivity contribution in [1.29, 1.82) is 0 Å². The summed E-state index contributed by atoms with van der Waals surface area (Å²) < 4.78 is 0. The minimum atomic E-state index is 0.934. The van der Waals surface area contributed by atoms with Crippen molar-refractivity contribution in [1.82, 2.24) is 14.9 Å². The number of aromatic nitrogens is 2. The van der Waals surface area contributed by atoms with Crippen LogP contribution in [-0.4, -0.2) is 21.4 Å². The molecule has 1 aromatic carbocycles. The normalized spacial score (nSPS) is 11.2. The van der Waals surface area contributed by atoms with Crippen LogP contribution in [0.15, 0.2) is 61.2 Å². The molecular weight excluding hydrogens is 270 g/mol. The molecule has 3 nitrogen and oxygen atoms in total. The Balaban J connectivity index is 1.83. The van der Waals surface area contributed by atoms with Gasteiger partial charge in [0.05, 0.1) is 0 Å². The Kier molecular flexibility index (Phi) is 4.76. The second-order valence-corrected chi connectivity index (χ2v) is 5.59. The number of benzene rings is 1. The van der Waals surface area contributed by atoms with Gasteiger partial charge in [-0.1, -0.05) is 31.2 Å². The number of nitrogens with zero attached hydrogens (tertiary/aromatic N) is 3. The van der Waals surface area contributed by atoms with Crippen molar-refractivity contribution in [2.24, 2.45) is 0 Å². The van der Waals surface area contributed by atoms with Gasteiger partial charge in [0.1, 0.15) is 0 Å². The average molecular weight is 291 g/mol. The van der Waals surface area contributed by atoms with Crippen LogP contribution in [0, 0.1) is 0 Å². The van der Waals surface area contributed by atoms with Gasteiger partial charge in [-0.05, 0) is 41.6 Å². The number of rotatable bonds is 6. The fraction of sp³-hybridized carbons (Fsp3) is 0.263. The molecule has 3 aromatic rings. The standard InChI is InChI=1S/C19H21N3/c1-2-11-22(14-16-5-4-9-20-12-16)15-18-7-3-6-17-13-21-10-8-19(17)18/h3-10,12-13H,2,11,14-15H2,1H3. The van der Waals surface area contributed by atoms with E-state index in [4.69, 9.17) is 0 Å². The Bertz CT molecular complexity index is 720. The van der Waals surface area contributed by atoms with E-state index in [1.165, 1.54) is 21.9 Å². The summed E-state index contributed by atoms with van der Waals surface area (Å²) in [5.74, 6) is 0. The molecule has 0 aliphatic carbocycles.